The van der Waals surface area contributed by atoms with Crippen LogP contribution in [0.4, 0.5) is 16.2 Å². The summed E-state index contributed by atoms with van der Waals surface area (Å²) in [6.07, 6.45) is 3.30. The fourth-order valence-electron chi connectivity index (χ4n) is 7.77. The average Bonchev–Trinajstić information content (AvgIpc) is 3.18. The molecule has 0 aromatic heterocycles. The second kappa shape index (κ2) is 14.6. The van der Waals surface area contributed by atoms with Crippen LogP contribution in [0.5, 0.6) is 11.5 Å². The molecule has 8 nitrogen and oxygen atoms in total. The van der Waals surface area contributed by atoms with Crippen molar-refractivity contribution >= 4 is 46.9 Å². The minimum Gasteiger partial charge on any atom is -0.490 e. The summed E-state index contributed by atoms with van der Waals surface area (Å²) in [4.78, 5) is 44.9. The SMILES string of the molecule is CCOc1cc(/C=C2\C(=O)NC(=O)N(c3cc4c5c(c3)[C@@H](c3ccccc3)CCN5CC[C@@H]4c3ccccc3)C2=O)ccc1OCc1ccc(Cl)cc1. The second-order valence-corrected chi connectivity index (χ2v) is 13.9. The van der Waals surface area contributed by atoms with Gasteiger partial charge in [-0.3, -0.25) is 14.9 Å². The summed E-state index contributed by atoms with van der Waals surface area (Å²) in [5, 5.41) is 3.07. The highest BCUT2D eigenvalue weighted by Crippen LogP contribution is 2.50. The molecule has 0 radical (unpaired) electrons. The molecule has 1 saturated heterocycles. The van der Waals surface area contributed by atoms with Gasteiger partial charge in [0.15, 0.2) is 11.5 Å². The molecule has 3 aliphatic rings. The number of benzene rings is 5. The van der Waals surface area contributed by atoms with Crippen LogP contribution >= 0.6 is 11.6 Å². The van der Waals surface area contributed by atoms with Gasteiger partial charge in [0.25, 0.3) is 11.8 Å². The Bertz CT molecular complexity index is 2150. The minimum absolute atomic E-state index is 0.0766. The zero-order valence-electron chi connectivity index (χ0n) is 29.3. The van der Waals surface area contributed by atoms with Crippen LogP contribution in [0.1, 0.15) is 65.0 Å². The third kappa shape index (κ3) is 6.78. The van der Waals surface area contributed by atoms with E-state index in [-0.39, 0.29) is 17.4 Å². The summed E-state index contributed by atoms with van der Waals surface area (Å²) in [6, 6.07) is 36.5. The number of rotatable bonds is 9. The van der Waals surface area contributed by atoms with Crippen LogP contribution in [0.15, 0.2) is 121 Å². The van der Waals surface area contributed by atoms with Crippen molar-refractivity contribution in [1.82, 2.24) is 5.32 Å². The molecule has 0 spiro atoms. The molecule has 1 fully saturated rings. The molecule has 266 valence electrons. The number of barbiturate groups is 1. The van der Waals surface area contributed by atoms with Crippen molar-refractivity contribution in [2.75, 3.05) is 29.5 Å². The molecule has 5 aromatic rings. The highest BCUT2D eigenvalue weighted by Gasteiger charge is 2.40. The summed E-state index contributed by atoms with van der Waals surface area (Å²) in [5.41, 5.74) is 7.46. The number of carbonyl (C=O) groups excluding carboxylic acids is 3. The normalized spacial score (nSPS) is 18.8. The maximum absolute atomic E-state index is 14.4. The molecule has 53 heavy (non-hydrogen) atoms. The first-order chi connectivity index (χ1) is 25.9. The molecule has 9 heteroatoms. The molecule has 0 bridgehead atoms. The Hall–Kier alpha value is -5.86. The van der Waals surface area contributed by atoms with Crippen molar-refractivity contribution in [2.24, 2.45) is 0 Å². The quantitative estimate of drug-likeness (QED) is 0.121. The molecule has 3 heterocycles. The van der Waals surface area contributed by atoms with Gasteiger partial charge in [0, 0.05) is 35.6 Å². The van der Waals surface area contributed by atoms with Gasteiger partial charge in [-0.15, -0.1) is 0 Å². The van der Waals surface area contributed by atoms with Crippen molar-refractivity contribution in [3.63, 3.8) is 0 Å². The molecule has 3 aliphatic heterocycles. The van der Waals surface area contributed by atoms with E-state index >= 15 is 0 Å². The first-order valence-electron chi connectivity index (χ1n) is 18.0. The summed E-state index contributed by atoms with van der Waals surface area (Å²) in [5.74, 6) is -0.321. The van der Waals surface area contributed by atoms with E-state index in [1.807, 2.05) is 67.6 Å². The molecule has 0 saturated carbocycles. The molecule has 5 aromatic carbocycles. The number of nitrogens with zero attached hydrogens (tertiary/aromatic N) is 2. The minimum atomic E-state index is -0.777. The van der Waals surface area contributed by atoms with E-state index < -0.39 is 17.8 Å². The highest BCUT2D eigenvalue weighted by molar-refractivity contribution is 6.39. The molecular weight excluding hydrogens is 686 g/mol. The van der Waals surface area contributed by atoms with Crippen LogP contribution < -0.4 is 24.6 Å². The monoisotopic (exact) mass is 723 g/mol. The maximum Gasteiger partial charge on any atom is 0.335 e. The third-order valence-electron chi connectivity index (χ3n) is 10.2. The van der Waals surface area contributed by atoms with Crippen LogP contribution in [-0.4, -0.2) is 37.5 Å². The standard InChI is InChI=1S/C44H38ClN3O5/c1-2-52-40-24-29(15-18-39(40)53-27-28-13-16-32(45)17-14-28)23-38-42(49)46-44(51)48(43(38)50)33-25-36-34(30-9-5-3-6-10-30)19-21-47-22-20-35(37(26-33)41(36)47)31-11-7-4-8-12-31/h3-18,23-26,34-35H,2,19-22,27H2,1H3,(H,46,49,51)/b38-23+/t34-,35-/m1/s1. The Morgan fingerprint density at radius 2 is 1.38 bits per heavy atom. The van der Waals surface area contributed by atoms with Gasteiger partial charge in [0.1, 0.15) is 12.2 Å². The number of amides is 4. The van der Waals surface area contributed by atoms with Crippen molar-refractivity contribution in [2.45, 2.75) is 38.2 Å². The number of imide groups is 2. The molecule has 0 aliphatic carbocycles. The molecule has 0 unspecified atom stereocenters. The molecular formula is C44H38ClN3O5. The Morgan fingerprint density at radius 1 is 0.755 bits per heavy atom. The zero-order valence-corrected chi connectivity index (χ0v) is 30.0. The topological polar surface area (TPSA) is 88.2 Å². The van der Waals surface area contributed by atoms with E-state index in [0.29, 0.717) is 41.0 Å². The van der Waals surface area contributed by atoms with Crippen LogP contribution in [-0.2, 0) is 16.2 Å². The number of anilines is 2. The van der Waals surface area contributed by atoms with Crippen molar-refractivity contribution in [1.29, 1.82) is 0 Å². The van der Waals surface area contributed by atoms with Gasteiger partial charge in [-0.05, 0) is 95.6 Å². The summed E-state index contributed by atoms with van der Waals surface area (Å²) < 4.78 is 12.0. The van der Waals surface area contributed by atoms with E-state index in [0.717, 1.165) is 47.5 Å². The summed E-state index contributed by atoms with van der Waals surface area (Å²) >= 11 is 6.03. The first kappa shape index (κ1) is 34.2. The lowest BCUT2D eigenvalue weighted by Crippen LogP contribution is -2.54. The fraction of sp³-hybridized carbons (Fsp3) is 0.205. The lowest BCUT2D eigenvalue weighted by atomic mass is 9.76. The fourth-order valence-corrected chi connectivity index (χ4v) is 7.90. The lowest BCUT2D eigenvalue weighted by Gasteiger charge is -2.44. The second-order valence-electron chi connectivity index (χ2n) is 13.5. The predicted molar refractivity (Wildman–Crippen MR) is 207 cm³/mol. The molecule has 1 N–H and O–H groups in total. The first-order valence-corrected chi connectivity index (χ1v) is 18.3. The predicted octanol–water partition coefficient (Wildman–Crippen LogP) is 8.86. The molecule has 2 atom stereocenters. The van der Waals surface area contributed by atoms with E-state index in [1.54, 1.807) is 30.3 Å². The Morgan fingerprint density at radius 3 is 1.98 bits per heavy atom. The van der Waals surface area contributed by atoms with Gasteiger partial charge in [0.2, 0.25) is 0 Å². The van der Waals surface area contributed by atoms with Crippen LogP contribution in [0, 0.1) is 0 Å². The van der Waals surface area contributed by atoms with E-state index in [9.17, 15) is 14.4 Å². The van der Waals surface area contributed by atoms with Gasteiger partial charge in [-0.2, -0.15) is 0 Å². The summed E-state index contributed by atoms with van der Waals surface area (Å²) in [7, 11) is 0. The van der Waals surface area contributed by atoms with E-state index in [2.05, 4.69) is 34.5 Å². The van der Waals surface area contributed by atoms with Gasteiger partial charge < -0.3 is 14.4 Å². The zero-order chi connectivity index (χ0) is 36.5. The molecule has 4 amide bonds. The van der Waals surface area contributed by atoms with E-state index in [1.165, 1.54) is 22.9 Å². The number of nitrogens with one attached hydrogen (secondary N) is 1. The lowest BCUT2D eigenvalue weighted by molar-refractivity contribution is -0.122. The number of halogens is 1. The summed E-state index contributed by atoms with van der Waals surface area (Å²) in [6.45, 7) is 4.38. The van der Waals surface area contributed by atoms with Gasteiger partial charge >= 0.3 is 6.03 Å². The van der Waals surface area contributed by atoms with Crippen molar-refractivity contribution < 1.29 is 23.9 Å². The van der Waals surface area contributed by atoms with Crippen molar-refractivity contribution in [3.8, 4) is 11.5 Å². The highest BCUT2D eigenvalue weighted by atomic mass is 35.5. The number of hydrogen-bond donors (Lipinski definition) is 1. The Balaban J connectivity index is 1.17. The Labute approximate surface area is 313 Å². The number of urea groups is 1. The Kier molecular flexibility index (Phi) is 9.46. The number of ether oxygens (including phenoxy) is 2. The van der Waals surface area contributed by atoms with E-state index in [4.69, 9.17) is 21.1 Å². The van der Waals surface area contributed by atoms with Gasteiger partial charge in [0.05, 0.1) is 12.3 Å². The number of carbonyl (C=O) groups is 3. The third-order valence-corrected chi connectivity index (χ3v) is 10.5. The average molecular weight is 724 g/mol. The van der Waals surface area contributed by atoms with Gasteiger partial charge in [-0.1, -0.05) is 90.5 Å². The van der Waals surface area contributed by atoms with Crippen LogP contribution in [0.25, 0.3) is 6.08 Å². The smallest absolute Gasteiger partial charge is 0.335 e. The van der Waals surface area contributed by atoms with Crippen LogP contribution in [0.2, 0.25) is 5.02 Å². The van der Waals surface area contributed by atoms with Gasteiger partial charge in [-0.25, -0.2) is 9.69 Å². The maximum atomic E-state index is 14.4. The number of hydrogen-bond acceptors (Lipinski definition) is 6. The largest absolute Gasteiger partial charge is 0.490 e. The van der Waals surface area contributed by atoms with Crippen molar-refractivity contribution in [3.05, 3.63) is 159 Å². The molecule has 8 rings (SSSR count). The van der Waals surface area contributed by atoms with Crippen LogP contribution in [0.3, 0.4) is 0 Å².